The number of amides is 2. The van der Waals surface area contributed by atoms with E-state index in [9.17, 15) is 9.59 Å². The van der Waals surface area contributed by atoms with E-state index in [0.717, 1.165) is 34.3 Å². The first-order valence-corrected chi connectivity index (χ1v) is 8.89. The van der Waals surface area contributed by atoms with Gasteiger partial charge in [0.05, 0.1) is 17.8 Å². The molecule has 2 aromatic carbocycles. The molecule has 1 aliphatic heterocycles. The van der Waals surface area contributed by atoms with Gasteiger partial charge in [-0.05, 0) is 37.1 Å². The van der Waals surface area contributed by atoms with Gasteiger partial charge in [0.2, 0.25) is 11.8 Å². The van der Waals surface area contributed by atoms with Gasteiger partial charge >= 0.3 is 0 Å². The van der Waals surface area contributed by atoms with Gasteiger partial charge in [-0.25, -0.2) is 0 Å². The molecular formula is C21H21N3O2. The number of rotatable bonds is 4. The molecule has 0 bridgehead atoms. The van der Waals surface area contributed by atoms with Crippen LogP contribution in [0.3, 0.4) is 0 Å². The van der Waals surface area contributed by atoms with Crippen molar-refractivity contribution in [3.63, 3.8) is 0 Å². The average molecular weight is 347 g/mol. The molecule has 0 aliphatic carbocycles. The number of carbonyl (C=O) groups is 2. The van der Waals surface area contributed by atoms with Crippen LogP contribution in [0, 0.1) is 6.92 Å². The van der Waals surface area contributed by atoms with E-state index in [1.807, 2.05) is 55.5 Å². The molecule has 2 amide bonds. The lowest BCUT2D eigenvalue weighted by Crippen LogP contribution is -2.26. The molecule has 1 aromatic heterocycles. The number of aromatic nitrogens is 1. The molecular weight excluding hydrogens is 326 g/mol. The number of para-hydroxylation sites is 3. The molecule has 4 rings (SSSR count). The molecule has 26 heavy (non-hydrogen) atoms. The summed E-state index contributed by atoms with van der Waals surface area (Å²) in [6, 6.07) is 15.5. The van der Waals surface area contributed by atoms with Crippen molar-refractivity contribution in [1.29, 1.82) is 0 Å². The predicted octanol–water partition coefficient (Wildman–Crippen LogP) is 3.78. The Kier molecular flexibility index (Phi) is 4.21. The monoisotopic (exact) mass is 347 g/mol. The van der Waals surface area contributed by atoms with Crippen molar-refractivity contribution in [3.8, 4) is 0 Å². The zero-order valence-electron chi connectivity index (χ0n) is 14.7. The lowest BCUT2D eigenvalue weighted by Gasteiger charge is -2.20. The maximum absolute atomic E-state index is 12.7. The van der Waals surface area contributed by atoms with Crippen LogP contribution >= 0.6 is 0 Å². The summed E-state index contributed by atoms with van der Waals surface area (Å²) in [5, 5.41) is 4.06. The third-order valence-electron chi connectivity index (χ3n) is 4.91. The number of aryl methyl sites for hydroxylation is 1. The van der Waals surface area contributed by atoms with Crippen LogP contribution in [0.5, 0.6) is 0 Å². The number of carbonyl (C=O) groups excluding carboxylic acids is 2. The Morgan fingerprint density at radius 1 is 1.15 bits per heavy atom. The quantitative estimate of drug-likeness (QED) is 0.754. The Morgan fingerprint density at radius 2 is 1.92 bits per heavy atom. The maximum Gasteiger partial charge on any atom is 0.228 e. The van der Waals surface area contributed by atoms with Crippen molar-refractivity contribution >= 4 is 34.1 Å². The van der Waals surface area contributed by atoms with Crippen LogP contribution in [0.4, 0.5) is 11.4 Å². The molecule has 132 valence electrons. The Hall–Kier alpha value is -3.08. The van der Waals surface area contributed by atoms with E-state index in [1.165, 1.54) is 0 Å². The fourth-order valence-electron chi connectivity index (χ4n) is 3.64. The lowest BCUT2D eigenvalue weighted by atomic mass is 10.1. The fourth-order valence-corrected chi connectivity index (χ4v) is 3.64. The predicted molar refractivity (Wildman–Crippen MR) is 103 cm³/mol. The van der Waals surface area contributed by atoms with Crippen LogP contribution in [-0.2, 0) is 16.0 Å². The van der Waals surface area contributed by atoms with Crippen molar-refractivity contribution in [3.05, 3.63) is 59.8 Å². The summed E-state index contributed by atoms with van der Waals surface area (Å²) in [6.07, 6.45) is 1.71. The molecule has 0 spiro atoms. The summed E-state index contributed by atoms with van der Waals surface area (Å²) in [7, 11) is 0. The molecule has 1 saturated heterocycles. The Labute approximate surface area is 152 Å². The van der Waals surface area contributed by atoms with Gasteiger partial charge in [0.25, 0.3) is 0 Å². The normalized spacial score (nSPS) is 14.2. The SMILES string of the molecule is Cc1[nH]c2ccccc2c1CC(=O)Nc1ccccc1N1CCCC1=O. The van der Waals surface area contributed by atoms with Crippen molar-refractivity contribution < 1.29 is 9.59 Å². The Bertz CT molecular complexity index is 990. The zero-order chi connectivity index (χ0) is 18.1. The number of aromatic amines is 1. The van der Waals surface area contributed by atoms with E-state index in [0.29, 0.717) is 18.7 Å². The van der Waals surface area contributed by atoms with Crippen LogP contribution in [0.25, 0.3) is 10.9 Å². The molecule has 3 aromatic rings. The van der Waals surface area contributed by atoms with Gasteiger partial charge in [0.15, 0.2) is 0 Å². The smallest absolute Gasteiger partial charge is 0.228 e. The highest BCUT2D eigenvalue weighted by Gasteiger charge is 2.24. The first-order chi connectivity index (χ1) is 12.6. The van der Waals surface area contributed by atoms with Gasteiger partial charge in [-0.2, -0.15) is 0 Å². The Morgan fingerprint density at radius 3 is 2.73 bits per heavy atom. The van der Waals surface area contributed by atoms with Crippen LogP contribution in [0.15, 0.2) is 48.5 Å². The number of nitrogens with one attached hydrogen (secondary N) is 2. The summed E-state index contributed by atoms with van der Waals surface area (Å²) in [5.41, 5.74) is 4.51. The topological polar surface area (TPSA) is 65.2 Å². The molecule has 1 aliphatic rings. The van der Waals surface area contributed by atoms with E-state index >= 15 is 0 Å². The van der Waals surface area contributed by atoms with Gasteiger partial charge in [-0.1, -0.05) is 30.3 Å². The fraction of sp³-hybridized carbons (Fsp3) is 0.238. The third-order valence-corrected chi connectivity index (χ3v) is 4.91. The Balaban J connectivity index is 1.57. The molecule has 0 saturated carbocycles. The molecule has 1 fully saturated rings. The number of nitrogens with zero attached hydrogens (tertiary/aromatic N) is 1. The first kappa shape index (κ1) is 16.4. The van der Waals surface area contributed by atoms with Crippen LogP contribution in [-0.4, -0.2) is 23.3 Å². The highest BCUT2D eigenvalue weighted by Crippen LogP contribution is 2.30. The van der Waals surface area contributed by atoms with E-state index in [-0.39, 0.29) is 18.2 Å². The van der Waals surface area contributed by atoms with Crippen molar-refractivity contribution in [1.82, 2.24) is 4.98 Å². The summed E-state index contributed by atoms with van der Waals surface area (Å²) >= 11 is 0. The summed E-state index contributed by atoms with van der Waals surface area (Å²) < 4.78 is 0. The number of H-pyrrole nitrogens is 1. The highest BCUT2D eigenvalue weighted by molar-refractivity contribution is 6.03. The largest absolute Gasteiger partial charge is 0.358 e. The standard InChI is InChI=1S/C21H21N3O2/c1-14-16(15-7-2-3-8-17(15)22-14)13-20(25)23-18-9-4-5-10-19(18)24-12-6-11-21(24)26/h2-5,7-10,22H,6,11-13H2,1H3,(H,23,25). The average Bonchev–Trinajstić information content (AvgIpc) is 3.19. The first-order valence-electron chi connectivity index (χ1n) is 8.89. The van der Waals surface area contributed by atoms with Crippen molar-refractivity contribution in [2.45, 2.75) is 26.2 Å². The minimum Gasteiger partial charge on any atom is -0.358 e. The molecule has 2 N–H and O–H groups in total. The molecule has 5 heteroatoms. The summed E-state index contributed by atoms with van der Waals surface area (Å²) in [6.45, 7) is 2.69. The molecule has 0 radical (unpaired) electrons. The zero-order valence-corrected chi connectivity index (χ0v) is 14.7. The van der Waals surface area contributed by atoms with Gasteiger partial charge in [-0.3, -0.25) is 9.59 Å². The van der Waals surface area contributed by atoms with E-state index < -0.39 is 0 Å². The van der Waals surface area contributed by atoms with Crippen molar-refractivity contribution in [2.24, 2.45) is 0 Å². The second kappa shape index (κ2) is 6.67. The van der Waals surface area contributed by atoms with Gasteiger partial charge in [-0.15, -0.1) is 0 Å². The number of hydrogen-bond acceptors (Lipinski definition) is 2. The molecule has 0 unspecified atom stereocenters. The van der Waals surface area contributed by atoms with E-state index in [1.54, 1.807) is 4.90 Å². The number of fused-ring (bicyclic) bond motifs is 1. The van der Waals surface area contributed by atoms with E-state index in [2.05, 4.69) is 10.3 Å². The molecule has 2 heterocycles. The van der Waals surface area contributed by atoms with Gasteiger partial charge in [0, 0.05) is 29.6 Å². The lowest BCUT2D eigenvalue weighted by molar-refractivity contribution is -0.117. The van der Waals surface area contributed by atoms with Crippen molar-refractivity contribution in [2.75, 3.05) is 16.8 Å². The van der Waals surface area contributed by atoms with Crippen LogP contribution in [0.1, 0.15) is 24.1 Å². The van der Waals surface area contributed by atoms with E-state index in [4.69, 9.17) is 0 Å². The van der Waals surface area contributed by atoms with Gasteiger partial charge < -0.3 is 15.2 Å². The maximum atomic E-state index is 12.7. The van der Waals surface area contributed by atoms with Crippen LogP contribution in [0.2, 0.25) is 0 Å². The second-order valence-electron chi connectivity index (χ2n) is 6.67. The molecule has 0 atom stereocenters. The second-order valence-corrected chi connectivity index (χ2v) is 6.67. The van der Waals surface area contributed by atoms with Crippen LogP contribution < -0.4 is 10.2 Å². The number of hydrogen-bond donors (Lipinski definition) is 2. The highest BCUT2D eigenvalue weighted by atomic mass is 16.2. The third kappa shape index (κ3) is 2.96. The number of benzene rings is 2. The molecule has 5 nitrogen and oxygen atoms in total. The number of anilines is 2. The van der Waals surface area contributed by atoms with Gasteiger partial charge in [0.1, 0.15) is 0 Å². The minimum atomic E-state index is -0.0862. The summed E-state index contributed by atoms with van der Waals surface area (Å²) in [4.78, 5) is 29.8. The minimum absolute atomic E-state index is 0.0862. The summed E-state index contributed by atoms with van der Waals surface area (Å²) in [5.74, 6) is 0.0242.